The fraction of sp³-hybridized carbons (Fsp3) is 0.158. The number of anilines is 1. The Kier molecular flexibility index (Phi) is 5.18. The van der Waals surface area contributed by atoms with Crippen LogP contribution in [0.15, 0.2) is 42.2 Å². The van der Waals surface area contributed by atoms with Gasteiger partial charge in [0.2, 0.25) is 0 Å². The number of aliphatic hydroxyl groups excluding tert-OH is 1. The van der Waals surface area contributed by atoms with E-state index in [1.165, 1.54) is 32.4 Å². The van der Waals surface area contributed by atoms with Crippen LogP contribution in [-0.4, -0.2) is 31.1 Å². The van der Waals surface area contributed by atoms with Gasteiger partial charge in [-0.2, -0.15) is 13.2 Å². The van der Waals surface area contributed by atoms with Gasteiger partial charge in [0.15, 0.2) is 17.3 Å². The average Bonchev–Trinajstić information content (AvgIpc) is 2.89. The van der Waals surface area contributed by atoms with E-state index in [-0.39, 0.29) is 22.6 Å². The van der Waals surface area contributed by atoms with Gasteiger partial charge in [0.05, 0.1) is 36.1 Å². The minimum absolute atomic E-state index is 0.131. The lowest BCUT2D eigenvalue weighted by Crippen LogP contribution is -2.31. The molecule has 0 spiro atoms. The Balaban J connectivity index is 2.06. The molecule has 6 nitrogen and oxygen atoms in total. The normalized spacial score (nSPS) is 14.6. The van der Waals surface area contributed by atoms with Crippen LogP contribution in [0, 0.1) is 0 Å². The van der Waals surface area contributed by atoms with Gasteiger partial charge in [0, 0.05) is 0 Å². The third-order valence-electron chi connectivity index (χ3n) is 4.25. The summed E-state index contributed by atoms with van der Waals surface area (Å²) in [6.45, 7) is 0. The fourth-order valence-electron chi connectivity index (χ4n) is 2.87. The Morgan fingerprint density at radius 3 is 2.21 bits per heavy atom. The van der Waals surface area contributed by atoms with E-state index < -0.39 is 34.3 Å². The third-order valence-corrected chi connectivity index (χ3v) is 4.57. The highest BCUT2D eigenvalue weighted by molar-refractivity contribution is 6.45. The summed E-state index contributed by atoms with van der Waals surface area (Å²) in [7, 11) is 2.76. The molecule has 0 radical (unpaired) electrons. The number of carbonyl (C=O) groups excluding carboxylic acids is 2. The Labute approximate surface area is 167 Å². The van der Waals surface area contributed by atoms with Crippen molar-refractivity contribution in [1.82, 2.24) is 0 Å². The minimum Gasteiger partial charge on any atom is -0.502 e. The number of aliphatic hydroxyl groups is 1. The second-order valence-corrected chi connectivity index (χ2v) is 6.31. The van der Waals surface area contributed by atoms with Crippen molar-refractivity contribution < 1.29 is 37.3 Å². The number of hydrogen-bond acceptors (Lipinski definition) is 5. The van der Waals surface area contributed by atoms with Crippen molar-refractivity contribution in [2.45, 2.75) is 6.18 Å². The number of carbonyl (C=O) groups is 2. The molecule has 2 aromatic rings. The summed E-state index contributed by atoms with van der Waals surface area (Å²) in [6.07, 6.45) is -4.79. The molecular formula is C19H13ClF3NO5. The first-order valence-corrected chi connectivity index (χ1v) is 8.39. The van der Waals surface area contributed by atoms with Crippen molar-refractivity contribution in [3.05, 3.63) is 58.3 Å². The highest BCUT2D eigenvalue weighted by Gasteiger charge is 2.42. The monoisotopic (exact) mass is 427 g/mol. The lowest BCUT2D eigenvalue weighted by molar-refractivity contribution is -0.137. The molecule has 0 aliphatic carbocycles. The Bertz CT molecular complexity index is 1050. The first-order valence-electron chi connectivity index (χ1n) is 8.01. The second kappa shape index (κ2) is 7.32. The molecule has 0 unspecified atom stereocenters. The molecule has 0 fully saturated rings. The van der Waals surface area contributed by atoms with Crippen LogP contribution in [-0.2, 0) is 15.8 Å². The largest absolute Gasteiger partial charge is 0.502 e. The maximum Gasteiger partial charge on any atom is 0.417 e. The zero-order valence-corrected chi connectivity index (χ0v) is 15.8. The van der Waals surface area contributed by atoms with Crippen molar-refractivity contribution in [3.8, 4) is 11.5 Å². The molecule has 3 rings (SSSR count). The first kappa shape index (κ1) is 20.5. The van der Waals surface area contributed by atoms with Gasteiger partial charge in [-0.25, -0.2) is 4.90 Å². The number of hydrogen-bond donors (Lipinski definition) is 1. The minimum atomic E-state index is -4.79. The van der Waals surface area contributed by atoms with Crippen LogP contribution in [0.2, 0.25) is 5.02 Å². The topological polar surface area (TPSA) is 76.1 Å². The molecule has 0 atom stereocenters. The standard InChI is InChI=1S/C19H13ClF3NO5/c1-28-13-6-3-9(7-14(13)29-2)15-16(25)18(27)24(17(15)26)10-4-5-12(20)11(8-10)19(21,22)23/h3-8,25H,1-2H3. The summed E-state index contributed by atoms with van der Waals surface area (Å²) in [4.78, 5) is 25.7. The third kappa shape index (κ3) is 3.49. The van der Waals surface area contributed by atoms with Crippen LogP contribution in [0.25, 0.3) is 5.57 Å². The van der Waals surface area contributed by atoms with Crippen LogP contribution >= 0.6 is 11.6 Å². The summed E-state index contributed by atoms with van der Waals surface area (Å²) in [5.41, 5.74) is -1.83. The van der Waals surface area contributed by atoms with Crippen molar-refractivity contribution in [2.75, 3.05) is 19.1 Å². The smallest absolute Gasteiger partial charge is 0.417 e. The Morgan fingerprint density at radius 2 is 1.62 bits per heavy atom. The maximum absolute atomic E-state index is 13.1. The predicted molar refractivity (Wildman–Crippen MR) is 98.0 cm³/mol. The number of imide groups is 1. The quantitative estimate of drug-likeness (QED) is 0.739. The maximum atomic E-state index is 13.1. The zero-order chi connectivity index (χ0) is 21.5. The molecule has 1 aliphatic heterocycles. The molecule has 1 heterocycles. The van der Waals surface area contributed by atoms with Gasteiger partial charge < -0.3 is 14.6 Å². The summed E-state index contributed by atoms with van der Waals surface area (Å²) >= 11 is 5.58. The van der Waals surface area contributed by atoms with Crippen LogP contribution in [0.5, 0.6) is 11.5 Å². The van der Waals surface area contributed by atoms with E-state index >= 15 is 0 Å². The molecule has 2 aromatic carbocycles. The van der Waals surface area contributed by atoms with Crippen molar-refractivity contribution >= 4 is 34.7 Å². The number of benzene rings is 2. The second-order valence-electron chi connectivity index (χ2n) is 5.90. The van der Waals surface area contributed by atoms with Crippen LogP contribution in [0.4, 0.5) is 18.9 Å². The van der Waals surface area contributed by atoms with Gasteiger partial charge in [-0.05, 0) is 35.9 Å². The molecule has 152 valence electrons. The number of nitrogens with zero attached hydrogens (tertiary/aromatic N) is 1. The number of ether oxygens (including phenoxy) is 2. The molecule has 0 saturated heterocycles. The number of halogens is 4. The highest BCUT2D eigenvalue weighted by Crippen LogP contribution is 2.40. The number of rotatable bonds is 4. The highest BCUT2D eigenvalue weighted by atomic mass is 35.5. The molecule has 1 N–H and O–H groups in total. The summed E-state index contributed by atoms with van der Waals surface area (Å²) in [5.74, 6) is -2.47. The van der Waals surface area contributed by atoms with Gasteiger partial charge in [0.25, 0.3) is 5.91 Å². The molecular weight excluding hydrogens is 415 g/mol. The molecule has 1 aliphatic rings. The van der Waals surface area contributed by atoms with Crippen molar-refractivity contribution in [1.29, 1.82) is 0 Å². The van der Waals surface area contributed by atoms with E-state index in [2.05, 4.69) is 0 Å². The lowest BCUT2D eigenvalue weighted by Gasteiger charge is -2.17. The molecule has 29 heavy (non-hydrogen) atoms. The van der Waals surface area contributed by atoms with Gasteiger partial charge in [-0.3, -0.25) is 9.59 Å². The first-order chi connectivity index (χ1) is 13.6. The van der Waals surface area contributed by atoms with Gasteiger partial charge in [-0.15, -0.1) is 0 Å². The van der Waals surface area contributed by atoms with E-state index in [0.717, 1.165) is 12.1 Å². The van der Waals surface area contributed by atoms with Crippen LogP contribution < -0.4 is 14.4 Å². The molecule has 0 aromatic heterocycles. The summed E-state index contributed by atoms with van der Waals surface area (Å²) in [5, 5.41) is 9.65. The zero-order valence-electron chi connectivity index (χ0n) is 15.0. The van der Waals surface area contributed by atoms with E-state index in [1.54, 1.807) is 0 Å². The Morgan fingerprint density at radius 1 is 0.966 bits per heavy atom. The predicted octanol–water partition coefficient (Wildman–Crippen LogP) is 4.22. The summed E-state index contributed by atoms with van der Waals surface area (Å²) < 4.78 is 49.6. The lowest BCUT2D eigenvalue weighted by atomic mass is 10.0. The number of amides is 2. The summed E-state index contributed by atoms with van der Waals surface area (Å²) in [6, 6.07) is 6.80. The van der Waals surface area contributed by atoms with E-state index in [0.29, 0.717) is 16.7 Å². The number of alkyl halides is 3. The van der Waals surface area contributed by atoms with Crippen LogP contribution in [0.3, 0.4) is 0 Å². The van der Waals surface area contributed by atoms with Crippen molar-refractivity contribution in [2.24, 2.45) is 0 Å². The molecule has 2 amide bonds. The SMILES string of the molecule is COc1ccc(C2=C(O)C(=O)N(c3ccc(Cl)c(C(F)(F)F)c3)C2=O)cc1OC. The van der Waals surface area contributed by atoms with Gasteiger partial charge in [-0.1, -0.05) is 17.7 Å². The average molecular weight is 428 g/mol. The molecule has 0 saturated carbocycles. The molecule has 10 heteroatoms. The molecule has 0 bridgehead atoms. The van der Waals surface area contributed by atoms with Gasteiger partial charge in [0.1, 0.15) is 0 Å². The van der Waals surface area contributed by atoms with E-state index in [4.69, 9.17) is 21.1 Å². The van der Waals surface area contributed by atoms with Crippen molar-refractivity contribution in [3.63, 3.8) is 0 Å². The van der Waals surface area contributed by atoms with Gasteiger partial charge >= 0.3 is 12.1 Å². The van der Waals surface area contributed by atoms with E-state index in [9.17, 15) is 27.9 Å². The fourth-order valence-corrected chi connectivity index (χ4v) is 3.10. The number of methoxy groups -OCH3 is 2. The Hall–Kier alpha value is -3.20. The van der Waals surface area contributed by atoms with E-state index in [1.807, 2.05) is 0 Å². The van der Waals surface area contributed by atoms with Crippen LogP contribution in [0.1, 0.15) is 11.1 Å².